The zero-order chi connectivity index (χ0) is 70.3. The molecule has 0 N–H and O–H groups in total. The molecule has 95 heavy (non-hydrogen) atoms. The Labute approximate surface area is 572 Å². The van der Waals surface area contributed by atoms with Crippen LogP contribution in [0.4, 0.5) is 0 Å². The van der Waals surface area contributed by atoms with E-state index >= 15 is 0 Å². The number of hydrogen-bond acceptors (Lipinski definition) is 5. The summed E-state index contributed by atoms with van der Waals surface area (Å²) in [6.45, 7) is 69.1. The van der Waals surface area contributed by atoms with Crippen LogP contribution in [-0.4, -0.2) is 29.5 Å². The Morgan fingerprint density at radius 2 is 0.474 bits per heavy atom. The van der Waals surface area contributed by atoms with Gasteiger partial charge < -0.3 is 4.57 Å². The maximum Gasteiger partial charge on any atom is 0.166 e. The van der Waals surface area contributed by atoms with Gasteiger partial charge in [0.2, 0.25) is 0 Å². The van der Waals surface area contributed by atoms with E-state index in [0.717, 1.165) is 61.5 Å². The first kappa shape index (κ1) is 70.2. The molecule has 0 aliphatic rings. The van der Waals surface area contributed by atoms with Crippen LogP contribution >= 0.6 is 0 Å². The van der Waals surface area contributed by atoms with Crippen molar-refractivity contribution in [1.82, 2.24) is 29.5 Å². The monoisotopic (exact) mass is 1260 g/mol. The van der Waals surface area contributed by atoms with E-state index in [9.17, 15) is 0 Å². The van der Waals surface area contributed by atoms with E-state index in [1.165, 1.54) is 66.4 Å². The number of nitrogens with zero attached hydrogens (tertiary/aromatic N) is 6. The topological polar surface area (TPSA) is 69.4 Å². The summed E-state index contributed by atoms with van der Waals surface area (Å²) in [6, 6.07) is 51.4. The second kappa shape index (κ2) is 23.6. The van der Waals surface area contributed by atoms with Crippen molar-refractivity contribution in [3.8, 4) is 73.8 Å². The first-order valence-corrected chi connectivity index (χ1v) is 34.9. The molecule has 10 aromatic rings. The third-order valence-electron chi connectivity index (χ3n) is 19.4. The number of hydrogen-bond donors (Lipinski definition) is 0. The van der Waals surface area contributed by atoms with E-state index in [4.69, 9.17) is 24.9 Å². The first-order chi connectivity index (χ1) is 43.3. The van der Waals surface area contributed by atoms with Crippen LogP contribution < -0.4 is 0 Å². The van der Waals surface area contributed by atoms with Crippen molar-refractivity contribution in [3.63, 3.8) is 0 Å². The van der Waals surface area contributed by atoms with Crippen LogP contribution in [0.15, 0.2) is 133 Å². The van der Waals surface area contributed by atoms with Crippen LogP contribution in [0.2, 0.25) is 0 Å². The van der Waals surface area contributed by atoms with Crippen LogP contribution in [0.25, 0.3) is 95.6 Å². The molecule has 3 aromatic heterocycles. The van der Waals surface area contributed by atoms with E-state index in [1.807, 2.05) is 0 Å². The average molecular weight is 1270 g/mol. The normalized spacial score (nSPS) is 13.6. The Hall–Kier alpha value is -7.57. The van der Waals surface area contributed by atoms with Gasteiger partial charge in [-0.25, -0.2) is 24.9 Å². The van der Waals surface area contributed by atoms with Gasteiger partial charge in [-0.1, -0.05) is 244 Å². The zero-order valence-corrected chi connectivity index (χ0v) is 63.9. The predicted octanol–water partition coefficient (Wildman–Crippen LogP) is 24.7. The molecule has 6 heteroatoms. The molecule has 6 nitrogen and oxygen atoms in total. The minimum Gasteiger partial charge on any atom is -0.309 e. The standard InChI is InChI=1S/C89H112N6/c1-80(2,3)58-32-35-73-68(50-58)69-51-59(81(4,5)6)33-36-74(69)95(73)75-34-31-53(76-90-71(54-37-60(82(7,8)9)46-61(38-54)83(10,11)12)52-72(91-76)55-39-62(84(13,14)15)47-63(40-55)85(16,17)18)45-70(75)79-93-77(56-41-64(86(19,20)21)48-65(42-56)87(22,23)24)92-78(94-79)57-43-66(88(25,26)27)49-67(44-57)89(28,29)30/h31-52H,1-30H3. The fraction of sp³-hybridized carbons (Fsp3) is 0.449. The second-order valence-electron chi connectivity index (χ2n) is 38.0. The Morgan fingerprint density at radius 3 is 0.758 bits per heavy atom. The Bertz CT molecular complexity index is 4210. The molecule has 0 atom stereocenters. The molecule has 0 amide bonds. The van der Waals surface area contributed by atoms with Crippen molar-refractivity contribution in [3.05, 3.63) is 189 Å². The van der Waals surface area contributed by atoms with Crippen LogP contribution in [0.3, 0.4) is 0 Å². The average Bonchev–Trinajstić information content (AvgIpc) is 1.60. The Kier molecular flexibility index (Phi) is 17.5. The van der Waals surface area contributed by atoms with Gasteiger partial charge in [-0.2, -0.15) is 0 Å². The number of aromatic nitrogens is 6. The SMILES string of the molecule is CC(C)(C)c1cc(-c2cc(-c3cc(C(C)(C)C)cc(C(C)(C)C)c3)nc(-c3ccc(-n4c5ccc(C(C)(C)C)cc5c5cc(C(C)(C)C)ccc54)c(-c4nc(-c5cc(C(C)(C)C)cc(C(C)(C)C)c5)nc(-c5cc(C(C)(C)C)cc(C(C)(C)C)c5)n4)c3)n2)cc(C(C)(C)C)c1. The molecular formula is C89H112N6. The highest BCUT2D eigenvalue weighted by atomic mass is 15.1. The number of fused-ring (bicyclic) bond motifs is 3. The lowest BCUT2D eigenvalue weighted by Gasteiger charge is -2.27. The van der Waals surface area contributed by atoms with Gasteiger partial charge in [-0.05, 0) is 207 Å². The minimum absolute atomic E-state index is 0.0822. The third kappa shape index (κ3) is 14.9. The molecule has 0 radical (unpaired) electrons. The van der Waals surface area contributed by atoms with Crippen molar-refractivity contribution in [2.75, 3.05) is 0 Å². The lowest BCUT2D eigenvalue weighted by Crippen LogP contribution is -2.17. The highest BCUT2D eigenvalue weighted by Crippen LogP contribution is 2.45. The molecule has 0 fully saturated rings. The molecule has 0 saturated heterocycles. The molecule has 498 valence electrons. The summed E-state index contributed by atoms with van der Waals surface area (Å²) >= 11 is 0. The van der Waals surface area contributed by atoms with Gasteiger partial charge in [0, 0.05) is 44.2 Å². The van der Waals surface area contributed by atoms with Gasteiger partial charge in [0.25, 0.3) is 0 Å². The number of benzene rings is 7. The van der Waals surface area contributed by atoms with Crippen LogP contribution in [-0.2, 0) is 54.1 Å². The molecule has 0 spiro atoms. The van der Waals surface area contributed by atoms with Crippen LogP contribution in [0.1, 0.15) is 263 Å². The van der Waals surface area contributed by atoms with Gasteiger partial charge >= 0.3 is 0 Å². The molecule has 0 unspecified atom stereocenters. The Morgan fingerprint density at radius 1 is 0.211 bits per heavy atom. The lowest BCUT2D eigenvalue weighted by atomic mass is 9.79. The fourth-order valence-electron chi connectivity index (χ4n) is 12.4. The van der Waals surface area contributed by atoms with E-state index in [2.05, 4.69) is 346 Å². The van der Waals surface area contributed by atoms with Gasteiger partial charge in [0.05, 0.1) is 28.1 Å². The minimum atomic E-state index is -0.159. The maximum absolute atomic E-state index is 5.83. The van der Waals surface area contributed by atoms with E-state index in [0.29, 0.717) is 23.3 Å². The summed E-state index contributed by atoms with van der Waals surface area (Å²) in [6.07, 6.45) is 0. The van der Waals surface area contributed by atoms with Gasteiger partial charge in [-0.3, -0.25) is 0 Å². The molecule has 0 aliphatic carbocycles. The summed E-state index contributed by atoms with van der Waals surface area (Å²) in [5.41, 5.74) is 21.8. The summed E-state index contributed by atoms with van der Waals surface area (Å²) in [4.78, 5) is 28.9. The molecule has 0 saturated carbocycles. The van der Waals surface area contributed by atoms with Gasteiger partial charge in [-0.15, -0.1) is 0 Å². The molecule has 0 aliphatic heterocycles. The fourth-order valence-corrected chi connectivity index (χ4v) is 12.4. The highest BCUT2D eigenvalue weighted by molar-refractivity contribution is 6.10. The molecule has 7 aromatic carbocycles. The summed E-state index contributed by atoms with van der Waals surface area (Å²) in [7, 11) is 0. The molecule has 0 bridgehead atoms. The van der Waals surface area contributed by atoms with Crippen LogP contribution in [0.5, 0.6) is 0 Å². The predicted molar refractivity (Wildman–Crippen MR) is 409 cm³/mol. The van der Waals surface area contributed by atoms with Crippen molar-refractivity contribution in [1.29, 1.82) is 0 Å². The number of rotatable bonds is 7. The van der Waals surface area contributed by atoms with Gasteiger partial charge in [0.15, 0.2) is 23.3 Å². The largest absolute Gasteiger partial charge is 0.309 e. The lowest BCUT2D eigenvalue weighted by molar-refractivity contribution is 0.568. The summed E-state index contributed by atoms with van der Waals surface area (Å²) in [5, 5.41) is 2.40. The van der Waals surface area contributed by atoms with Gasteiger partial charge in [0.1, 0.15) is 0 Å². The molecular weight excluding hydrogens is 1150 g/mol. The maximum atomic E-state index is 5.83. The van der Waals surface area contributed by atoms with Crippen molar-refractivity contribution in [2.24, 2.45) is 0 Å². The van der Waals surface area contributed by atoms with E-state index in [1.54, 1.807) is 0 Å². The summed E-state index contributed by atoms with van der Waals surface area (Å²) < 4.78 is 2.46. The second-order valence-corrected chi connectivity index (χ2v) is 38.0. The third-order valence-corrected chi connectivity index (χ3v) is 19.4. The molecule has 3 heterocycles. The van der Waals surface area contributed by atoms with E-state index in [-0.39, 0.29) is 54.1 Å². The Balaban J connectivity index is 1.40. The van der Waals surface area contributed by atoms with Crippen molar-refractivity contribution >= 4 is 21.8 Å². The quantitative estimate of drug-likeness (QED) is 0.159. The van der Waals surface area contributed by atoms with Crippen molar-refractivity contribution < 1.29 is 0 Å². The molecule has 10 rings (SSSR count). The zero-order valence-electron chi connectivity index (χ0n) is 63.9. The van der Waals surface area contributed by atoms with Crippen molar-refractivity contribution in [2.45, 2.75) is 262 Å². The smallest absolute Gasteiger partial charge is 0.166 e. The van der Waals surface area contributed by atoms with Crippen LogP contribution in [0, 0.1) is 0 Å². The van der Waals surface area contributed by atoms with E-state index < -0.39 is 0 Å². The highest BCUT2D eigenvalue weighted by Gasteiger charge is 2.31. The summed E-state index contributed by atoms with van der Waals surface area (Å²) in [5.74, 6) is 2.41. The first-order valence-electron chi connectivity index (χ1n) is 34.9.